The van der Waals surface area contributed by atoms with Crippen LogP contribution >= 0.6 is 7.37 Å². The fraction of sp³-hybridized carbons (Fsp3) is 0.364. The number of rotatable bonds is 14. The highest BCUT2D eigenvalue weighted by Gasteiger charge is 2.36. The number of nitrogens with zero attached hydrogens (tertiary/aromatic N) is 1. The van der Waals surface area contributed by atoms with Gasteiger partial charge >= 0.3 is 0 Å². The van der Waals surface area contributed by atoms with E-state index in [0.29, 0.717) is 24.3 Å². The summed E-state index contributed by atoms with van der Waals surface area (Å²) in [5.74, 6) is -3.02. The second-order valence-electron chi connectivity index (χ2n) is 10.8. The first kappa shape index (κ1) is 32.8. The minimum Gasteiger partial charge on any atom is -0.343 e. The van der Waals surface area contributed by atoms with E-state index in [4.69, 9.17) is 0 Å². The van der Waals surface area contributed by atoms with Gasteiger partial charge < -0.3 is 20.4 Å². The number of anilines is 1. The van der Waals surface area contributed by atoms with Crippen LogP contribution in [0.2, 0.25) is 0 Å². The van der Waals surface area contributed by atoms with Crippen LogP contribution in [0.4, 0.5) is 5.69 Å². The molecule has 3 N–H and O–H groups in total. The molecule has 0 radical (unpaired) electrons. The van der Waals surface area contributed by atoms with Crippen molar-refractivity contribution in [3.05, 3.63) is 101 Å². The molecule has 3 atom stereocenters. The maximum absolute atomic E-state index is 13.8. The van der Waals surface area contributed by atoms with Crippen molar-refractivity contribution in [1.82, 2.24) is 10.2 Å². The van der Waals surface area contributed by atoms with E-state index in [-0.39, 0.29) is 30.0 Å². The molecule has 3 aromatic rings. The average Bonchev–Trinajstić information content (AvgIpc) is 2.96. The Morgan fingerprint density at radius 2 is 1.45 bits per heavy atom. The first-order valence-electron chi connectivity index (χ1n) is 14.5. The van der Waals surface area contributed by atoms with Crippen LogP contribution in [0.3, 0.4) is 0 Å². The molecule has 0 saturated carbocycles. The van der Waals surface area contributed by atoms with E-state index < -0.39 is 25.0 Å². The summed E-state index contributed by atoms with van der Waals surface area (Å²) in [6.45, 7) is 8.66. The molecular formula is C33H42N3O5P. The second-order valence-corrected chi connectivity index (χ2v) is 13.3. The van der Waals surface area contributed by atoms with Gasteiger partial charge in [0.1, 0.15) is 5.78 Å². The Hall–Kier alpha value is -3.74. The Morgan fingerprint density at radius 1 is 0.881 bits per heavy atom. The van der Waals surface area contributed by atoms with Gasteiger partial charge in [-0.3, -0.25) is 18.9 Å². The lowest BCUT2D eigenvalue weighted by Crippen LogP contribution is -2.38. The SMILES string of the molecule is CCCN(CCC)C(=O)c1cc(C)cc(C(=O)N[C@@H](Cc2ccccc2)P(=O)(O)CC(C)C(=O)Nc2ccccc2)c1. The van der Waals surface area contributed by atoms with Crippen molar-refractivity contribution in [3.63, 3.8) is 0 Å². The Kier molecular flexibility index (Phi) is 12.1. The zero-order valence-electron chi connectivity index (χ0n) is 24.9. The summed E-state index contributed by atoms with van der Waals surface area (Å²) in [5, 5.41) is 5.56. The Morgan fingerprint density at radius 3 is 2.05 bits per heavy atom. The minimum absolute atomic E-state index is 0.103. The summed E-state index contributed by atoms with van der Waals surface area (Å²) in [6.07, 6.45) is 1.43. The van der Waals surface area contributed by atoms with E-state index in [1.54, 1.807) is 54.3 Å². The standard InChI is InChI=1S/C33H42N3O5P/c1-5-17-36(18-6-2)33(39)28-20-24(3)19-27(22-28)32(38)35-30(21-26-13-9-7-10-14-26)42(40,41)23-25(4)31(37)34-29-15-11-8-12-16-29/h7-16,19-20,22,25,30H,5-6,17-18,21,23H2,1-4H3,(H,34,37)(H,35,38)(H,40,41)/t25?,30-/m1/s1. The van der Waals surface area contributed by atoms with Gasteiger partial charge in [0, 0.05) is 48.4 Å². The number of nitrogens with one attached hydrogen (secondary N) is 2. The molecule has 0 aliphatic carbocycles. The van der Waals surface area contributed by atoms with Gasteiger partial charge in [-0.15, -0.1) is 0 Å². The zero-order chi connectivity index (χ0) is 30.7. The molecule has 0 spiro atoms. The van der Waals surface area contributed by atoms with Crippen LogP contribution in [0, 0.1) is 12.8 Å². The normalized spacial score (nSPS) is 13.8. The average molecular weight is 592 g/mol. The third kappa shape index (κ3) is 9.40. The summed E-state index contributed by atoms with van der Waals surface area (Å²) in [5.41, 5.74) is 2.74. The molecule has 0 aliphatic heterocycles. The Bertz CT molecular complexity index is 1390. The number of carbonyl (C=O) groups excluding carboxylic acids is 3. The van der Waals surface area contributed by atoms with E-state index >= 15 is 0 Å². The summed E-state index contributed by atoms with van der Waals surface area (Å²) >= 11 is 0. The van der Waals surface area contributed by atoms with Crippen LogP contribution in [0.1, 0.15) is 65.5 Å². The number of aryl methyl sites for hydroxylation is 1. The largest absolute Gasteiger partial charge is 0.343 e. The van der Waals surface area contributed by atoms with Crippen molar-refractivity contribution >= 4 is 30.8 Å². The molecule has 3 aromatic carbocycles. The topological polar surface area (TPSA) is 116 Å². The van der Waals surface area contributed by atoms with Crippen LogP contribution in [0.15, 0.2) is 78.9 Å². The lowest BCUT2D eigenvalue weighted by Gasteiger charge is -2.27. The number of hydrogen-bond acceptors (Lipinski definition) is 4. The number of benzene rings is 3. The van der Waals surface area contributed by atoms with Crippen molar-refractivity contribution in [2.75, 3.05) is 24.6 Å². The third-order valence-electron chi connectivity index (χ3n) is 6.94. The maximum atomic E-state index is 13.8. The van der Waals surface area contributed by atoms with E-state index in [2.05, 4.69) is 10.6 Å². The van der Waals surface area contributed by atoms with Gasteiger partial charge in [0.2, 0.25) is 13.3 Å². The lowest BCUT2D eigenvalue weighted by atomic mass is 10.0. The third-order valence-corrected chi connectivity index (χ3v) is 9.30. The minimum atomic E-state index is -4.10. The monoisotopic (exact) mass is 591 g/mol. The molecule has 3 amide bonds. The first-order valence-corrected chi connectivity index (χ1v) is 16.4. The number of hydrogen-bond donors (Lipinski definition) is 3. The molecule has 0 fully saturated rings. The smallest absolute Gasteiger partial charge is 0.253 e. The molecule has 224 valence electrons. The fourth-order valence-electron chi connectivity index (χ4n) is 4.83. The number of carbonyl (C=O) groups is 3. The van der Waals surface area contributed by atoms with Gasteiger partial charge in [0.15, 0.2) is 0 Å². The zero-order valence-corrected chi connectivity index (χ0v) is 25.8. The number of amides is 3. The summed E-state index contributed by atoms with van der Waals surface area (Å²) in [6, 6.07) is 23.0. The molecule has 2 unspecified atom stereocenters. The van der Waals surface area contributed by atoms with Crippen molar-refractivity contribution in [2.45, 2.75) is 52.7 Å². The van der Waals surface area contributed by atoms with Gasteiger partial charge in [0.25, 0.3) is 11.8 Å². The molecule has 9 heteroatoms. The van der Waals surface area contributed by atoms with Gasteiger partial charge in [-0.1, -0.05) is 69.3 Å². The van der Waals surface area contributed by atoms with Crippen LogP contribution in [0.5, 0.6) is 0 Å². The Balaban J connectivity index is 1.85. The second kappa shape index (κ2) is 15.5. The van der Waals surface area contributed by atoms with Gasteiger partial charge in [-0.05, 0) is 61.2 Å². The molecule has 3 rings (SSSR count). The predicted molar refractivity (Wildman–Crippen MR) is 168 cm³/mol. The van der Waals surface area contributed by atoms with Gasteiger partial charge in [0.05, 0.1) is 0 Å². The maximum Gasteiger partial charge on any atom is 0.253 e. The molecule has 0 aliphatic rings. The van der Waals surface area contributed by atoms with Crippen molar-refractivity contribution < 1.29 is 23.8 Å². The quantitative estimate of drug-likeness (QED) is 0.196. The molecule has 0 heterocycles. The number of para-hydroxylation sites is 1. The van der Waals surface area contributed by atoms with Gasteiger partial charge in [-0.25, -0.2) is 0 Å². The summed E-state index contributed by atoms with van der Waals surface area (Å²) < 4.78 is 13.8. The highest BCUT2D eigenvalue weighted by atomic mass is 31.2. The lowest BCUT2D eigenvalue weighted by molar-refractivity contribution is -0.118. The van der Waals surface area contributed by atoms with Crippen LogP contribution < -0.4 is 10.6 Å². The van der Waals surface area contributed by atoms with Crippen molar-refractivity contribution in [2.24, 2.45) is 5.92 Å². The molecule has 0 saturated heterocycles. The van der Waals surface area contributed by atoms with Crippen LogP contribution in [0.25, 0.3) is 0 Å². The predicted octanol–water partition coefficient (Wildman–Crippen LogP) is 6.10. The van der Waals surface area contributed by atoms with Gasteiger partial charge in [-0.2, -0.15) is 0 Å². The summed E-state index contributed by atoms with van der Waals surface area (Å²) in [7, 11) is -4.10. The van der Waals surface area contributed by atoms with E-state index in [9.17, 15) is 23.8 Å². The fourth-order valence-corrected chi connectivity index (χ4v) is 6.85. The van der Waals surface area contributed by atoms with Crippen LogP contribution in [-0.2, 0) is 15.8 Å². The molecule has 0 bridgehead atoms. The van der Waals surface area contributed by atoms with Crippen LogP contribution in [-0.4, -0.2) is 52.5 Å². The summed E-state index contributed by atoms with van der Waals surface area (Å²) in [4.78, 5) is 52.7. The molecular weight excluding hydrogens is 549 g/mol. The van der Waals surface area contributed by atoms with E-state index in [1.807, 2.05) is 57.2 Å². The van der Waals surface area contributed by atoms with Crippen molar-refractivity contribution in [3.8, 4) is 0 Å². The molecule has 8 nitrogen and oxygen atoms in total. The van der Waals surface area contributed by atoms with Crippen molar-refractivity contribution in [1.29, 1.82) is 0 Å². The highest BCUT2D eigenvalue weighted by molar-refractivity contribution is 7.58. The van der Waals surface area contributed by atoms with E-state index in [1.165, 1.54) is 0 Å². The highest BCUT2D eigenvalue weighted by Crippen LogP contribution is 2.48. The molecule has 42 heavy (non-hydrogen) atoms. The Labute approximate surface area is 249 Å². The first-order chi connectivity index (χ1) is 20.0. The molecule has 0 aromatic heterocycles. The van der Waals surface area contributed by atoms with E-state index in [0.717, 1.165) is 24.0 Å².